The number of hydrogen-bond donors (Lipinski definition) is 0. The molecule has 0 N–H and O–H groups in total. The Labute approximate surface area is 138 Å². The maximum Gasteiger partial charge on any atom is 0.223 e. The predicted molar refractivity (Wildman–Crippen MR) is 88.9 cm³/mol. The maximum absolute atomic E-state index is 12.2. The number of pyridine rings is 1. The molecule has 2 amide bonds. The SMILES string of the molecule is CC(=O)N1CCN(CCC(=O)N(C)CCc2ccncc2)CC1. The second-order valence-electron chi connectivity index (χ2n) is 6.02. The highest BCUT2D eigenvalue weighted by Gasteiger charge is 2.19. The fraction of sp³-hybridized carbons (Fsp3) is 0.588. The normalized spacial score (nSPS) is 15.5. The van der Waals surface area contributed by atoms with E-state index in [0.29, 0.717) is 6.42 Å². The minimum atomic E-state index is 0.136. The molecule has 0 radical (unpaired) electrons. The van der Waals surface area contributed by atoms with Crippen LogP contribution in [0.4, 0.5) is 0 Å². The lowest BCUT2D eigenvalue weighted by molar-refractivity contribution is -0.132. The van der Waals surface area contributed by atoms with E-state index >= 15 is 0 Å². The number of aromatic nitrogens is 1. The molecule has 1 aromatic rings. The van der Waals surface area contributed by atoms with Gasteiger partial charge < -0.3 is 9.80 Å². The van der Waals surface area contributed by atoms with Gasteiger partial charge in [0.15, 0.2) is 0 Å². The first-order valence-corrected chi connectivity index (χ1v) is 8.17. The Morgan fingerprint density at radius 2 is 1.83 bits per heavy atom. The van der Waals surface area contributed by atoms with Gasteiger partial charge in [-0.15, -0.1) is 0 Å². The third-order valence-corrected chi connectivity index (χ3v) is 4.37. The van der Waals surface area contributed by atoms with Crippen LogP contribution < -0.4 is 0 Å². The average molecular weight is 318 g/mol. The zero-order chi connectivity index (χ0) is 16.7. The summed E-state index contributed by atoms with van der Waals surface area (Å²) < 4.78 is 0. The number of rotatable bonds is 6. The van der Waals surface area contributed by atoms with Crippen molar-refractivity contribution >= 4 is 11.8 Å². The highest BCUT2D eigenvalue weighted by molar-refractivity contribution is 5.76. The zero-order valence-corrected chi connectivity index (χ0v) is 14.1. The topological polar surface area (TPSA) is 56.8 Å². The fourth-order valence-electron chi connectivity index (χ4n) is 2.70. The number of carbonyl (C=O) groups excluding carboxylic acids is 2. The molecule has 1 fully saturated rings. The number of likely N-dealkylation sites (N-methyl/N-ethyl adjacent to an activating group) is 1. The molecule has 1 aromatic heterocycles. The molecule has 0 saturated carbocycles. The third-order valence-electron chi connectivity index (χ3n) is 4.37. The molecule has 6 nitrogen and oxygen atoms in total. The molecule has 0 aliphatic carbocycles. The number of nitrogens with zero attached hydrogens (tertiary/aromatic N) is 4. The van der Waals surface area contributed by atoms with Gasteiger partial charge in [-0.05, 0) is 24.1 Å². The zero-order valence-electron chi connectivity index (χ0n) is 14.1. The van der Waals surface area contributed by atoms with Crippen LogP contribution in [0.2, 0.25) is 0 Å². The predicted octanol–water partition coefficient (Wildman–Crippen LogP) is 0.637. The monoisotopic (exact) mass is 318 g/mol. The van der Waals surface area contributed by atoms with Crippen molar-refractivity contribution in [3.63, 3.8) is 0 Å². The highest BCUT2D eigenvalue weighted by Crippen LogP contribution is 2.05. The van der Waals surface area contributed by atoms with Crippen LogP contribution in [0.15, 0.2) is 24.5 Å². The van der Waals surface area contributed by atoms with Gasteiger partial charge in [-0.2, -0.15) is 0 Å². The van der Waals surface area contributed by atoms with Crippen molar-refractivity contribution in [2.45, 2.75) is 19.8 Å². The standard InChI is InChI=1S/C17H26N4O2/c1-15(22)21-13-11-20(12-14-21)10-6-17(23)19(2)9-5-16-3-7-18-8-4-16/h3-4,7-8H,5-6,9-14H2,1-2H3. The van der Waals surface area contributed by atoms with E-state index < -0.39 is 0 Å². The summed E-state index contributed by atoms with van der Waals surface area (Å²) in [4.78, 5) is 33.4. The molecule has 0 unspecified atom stereocenters. The van der Waals surface area contributed by atoms with Crippen LogP contribution in [0, 0.1) is 0 Å². The minimum absolute atomic E-state index is 0.136. The number of piperazine rings is 1. The largest absolute Gasteiger partial charge is 0.345 e. The Morgan fingerprint density at radius 3 is 2.43 bits per heavy atom. The summed E-state index contributed by atoms with van der Waals surface area (Å²) >= 11 is 0. The third kappa shape index (κ3) is 5.63. The van der Waals surface area contributed by atoms with Crippen LogP contribution in [-0.2, 0) is 16.0 Å². The summed E-state index contributed by atoms with van der Waals surface area (Å²) in [6.45, 7) is 6.34. The van der Waals surface area contributed by atoms with Gasteiger partial charge in [0.1, 0.15) is 0 Å². The van der Waals surface area contributed by atoms with Gasteiger partial charge in [0.25, 0.3) is 0 Å². The Kier molecular flexibility index (Phi) is 6.52. The molecule has 0 spiro atoms. The Bertz CT molecular complexity index is 513. The number of amides is 2. The molecule has 2 heterocycles. The van der Waals surface area contributed by atoms with Crippen molar-refractivity contribution in [3.05, 3.63) is 30.1 Å². The minimum Gasteiger partial charge on any atom is -0.345 e. The smallest absolute Gasteiger partial charge is 0.223 e. The fourth-order valence-corrected chi connectivity index (χ4v) is 2.70. The summed E-state index contributed by atoms with van der Waals surface area (Å²) in [7, 11) is 1.86. The average Bonchev–Trinajstić information content (AvgIpc) is 2.58. The molecule has 1 aliphatic heterocycles. The summed E-state index contributed by atoms with van der Waals surface area (Å²) in [5.74, 6) is 0.310. The van der Waals surface area contributed by atoms with Crippen LogP contribution in [0.3, 0.4) is 0 Å². The lowest BCUT2D eigenvalue weighted by atomic mass is 10.2. The van der Waals surface area contributed by atoms with Crippen LogP contribution in [0.5, 0.6) is 0 Å². The Balaban J connectivity index is 1.65. The van der Waals surface area contributed by atoms with Gasteiger partial charge >= 0.3 is 0 Å². The Morgan fingerprint density at radius 1 is 1.17 bits per heavy atom. The van der Waals surface area contributed by atoms with Crippen molar-refractivity contribution in [1.29, 1.82) is 0 Å². The van der Waals surface area contributed by atoms with Crippen LogP contribution in [0.25, 0.3) is 0 Å². The van der Waals surface area contributed by atoms with Crippen molar-refractivity contribution in [2.75, 3.05) is 46.3 Å². The van der Waals surface area contributed by atoms with Crippen molar-refractivity contribution in [1.82, 2.24) is 19.7 Å². The van der Waals surface area contributed by atoms with E-state index in [9.17, 15) is 9.59 Å². The second-order valence-corrected chi connectivity index (χ2v) is 6.02. The lowest BCUT2D eigenvalue weighted by Crippen LogP contribution is -2.48. The van der Waals surface area contributed by atoms with Gasteiger partial charge in [0.2, 0.25) is 11.8 Å². The van der Waals surface area contributed by atoms with E-state index in [2.05, 4.69) is 9.88 Å². The molecule has 1 saturated heterocycles. The molecular formula is C17H26N4O2. The molecule has 6 heteroatoms. The summed E-state index contributed by atoms with van der Waals surface area (Å²) in [6.07, 6.45) is 4.94. The first-order valence-electron chi connectivity index (χ1n) is 8.17. The molecule has 23 heavy (non-hydrogen) atoms. The lowest BCUT2D eigenvalue weighted by Gasteiger charge is -2.34. The van der Waals surface area contributed by atoms with Gasteiger partial charge in [-0.25, -0.2) is 0 Å². The summed E-state index contributed by atoms with van der Waals surface area (Å²) in [5.41, 5.74) is 1.19. The molecule has 0 aromatic carbocycles. The van der Waals surface area contributed by atoms with Crippen molar-refractivity contribution in [3.8, 4) is 0 Å². The van der Waals surface area contributed by atoms with Gasteiger partial charge in [0.05, 0.1) is 0 Å². The summed E-state index contributed by atoms with van der Waals surface area (Å²) in [5, 5.41) is 0. The highest BCUT2D eigenvalue weighted by atomic mass is 16.2. The van der Waals surface area contributed by atoms with E-state index in [1.807, 2.05) is 24.1 Å². The second kappa shape index (κ2) is 8.62. The first-order chi connectivity index (χ1) is 11.1. The first kappa shape index (κ1) is 17.4. The van der Waals surface area contributed by atoms with Crippen molar-refractivity contribution < 1.29 is 9.59 Å². The summed E-state index contributed by atoms with van der Waals surface area (Å²) in [6, 6.07) is 3.96. The molecule has 0 atom stereocenters. The quantitative estimate of drug-likeness (QED) is 0.772. The van der Waals surface area contributed by atoms with Crippen LogP contribution in [0.1, 0.15) is 18.9 Å². The van der Waals surface area contributed by atoms with Crippen LogP contribution in [-0.4, -0.2) is 77.8 Å². The Hall–Kier alpha value is -1.95. The van der Waals surface area contributed by atoms with E-state index in [1.165, 1.54) is 5.56 Å². The van der Waals surface area contributed by atoms with E-state index in [-0.39, 0.29) is 11.8 Å². The maximum atomic E-state index is 12.2. The van der Waals surface area contributed by atoms with E-state index in [4.69, 9.17) is 0 Å². The van der Waals surface area contributed by atoms with Gasteiger partial charge in [-0.3, -0.25) is 19.5 Å². The molecule has 0 bridgehead atoms. The van der Waals surface area contributed by atoms with Gasteiger partial charge in [-0.1, -0.05) is 0 Å². The molecular weight excluding hydrogens is 292 g/mol. The molecule has 126 valence electrons. The molecule has 2 rings (SSSR count). The van der Waals surface area contributed by atoms with Crippen LogP contribution >= 0.6 is 0 Å². The van der Waals surface area contributed by atoms with E-state index in [1.54, 1.807) is 24.2 Å². The number of carbonyl (C=O) groups is 2. The van der Waals surface area contributed by atoms with Gasteiger partial charge in [0, 0.05) is 72.1 Å². The van der Waals surface area contributed by atoms with E-state index in [0.717, 1.165) is 45.7 Å². The number of hydrogen-bond acceptors (Lipinski definition) is 4. The molecule has 1 aliphatic rings. The van der Waals surface area contributed by atoms with Crippen molar-refractivity contribution in [2.24, 2.45) is 0 Å².